The number of benzene rings is 1. The van der Waals surface area contributed by atoms with E-state index in [-0.39, 0.29) is 6.10 Å². The third-order valence-corrected chi connectivity index (χ3v) is 3.46. The molecule has 15 heavy (non-hydrogen) atoms. The molecule has 0 radical (unpaired) electrons. The summed E-state index contributed by atoms with van der Waals surface area (Å²) in [5.74, 6) is 0. The van der Waals surface area contributed by atoms with Crippen LogP contribution in [0.15, 0.2) is 23.7 Å². The number of nitrogens with zero attached hydrogens (tertiary/aromatic N) is 1. The highest BCUT2D eigenvalue weighted by Gasteiger charge is 2.18. The molecule has 3 rings (SSSR count). The lowest BCUT2D eigenvalue weighted by molar-refractivity contribution is 0.0285. The van der Waals surface area contributed by atoms with Crippen molar-refractivity contribution in [1.82, 2.24) is 10.3 Å². The van der Waals surface area contributed by atoms with Gasteiger partial charge in [0.15, 0.2) is 0 Å². The molecule has 0 amide bonds. The van der Waals surface area contributed by atoms with Crippen LogP contribution in [0, 0.1) is 0 Å². The third kappa shape index (κ3) is 1.65. The van der Waals surface area contributed by atoms with Crippen molar-refractivity contribution in [3.05, 3.63) is 29.3 Å². The Bertz CT molecular complexity index is 462. The number of ether oxygens (including phenoxy) is 1. The molecule has 78 valence electrons. The highest BCUT2D eigenvalue weighted by Crippen LogP contribution is 2.28. The van der Waals surface area contributed by atoms with E-state index in [1.54, 1.807) is 11.3 Å². The summed E-state index contributed by atoms with van der Waals surface area (Å²) in [4.78, 5) is 4.40. The largest absolute Gasteiger partial charge is 0.371 e. The van der Waals surface area contributed by atoms with E-state index in [0.29, 0.717) is 0 Å². The first-order valence-corrected chi connectivity index (χ1v) is 5.97. The summed E-state index contributed by atoms with van der Waals surface area (Å²) in [6, 6.07) is 6.29. The van der Waals surface area contributed by atoms with Crippen molar-refractivity contribution in [2.24, 2.45) is 0 Å². The normalized spacial score (nSPS) is 22.0. The molecule has 1 unspecified atom stereocenters. The van der Waals surface area contributed by atoms with Gasteiger partial charge in [-0.05, 0) is 6.07 Å². The molecular formula is C11H12N2OS. The summed E-state index contributed by atoms with van der Waals surface area (Å²) in [6.45, 7) is 2.62. The van der Waals surface area contributed by atoms with Gasteiger partial charge in [-0.2, -0.15) is 0 Å². The van der Waals surface area contributed by atoms with Crippen molar-refractivity contribution in [2.45, 2.75) is 6.10 Å². The predicted molar refractivity (Wildman–Crippen MR) is 61.2 cm³/mol. The average molecular weight is 220 g/mol. The van der Waals surface area contributed by atoms with E-state index in [1.807, 2.05) is 5.51 Å². The van der Waals surface area contributed by atoms with Gasteiger partial charge in [-0.1, -0.05) is 12.1 Å². The molecule has 2 heterocycles. The molecule has 1 atom stereocenters. The number of fused-ring (bicyclic) bond motifs is 1. The molecule has 1 aromatic heterocycles. The van der Waals surface area contributed by atoms with Gasteiger partial charge in [0.1, 0.15) is 0 Å². The maximum atomic E-state index is 5.74. The topological polar surface area (TPSA) is 34.1 Å². The monoisotopic (exact) mass is 220 g/mol. The highest BCUT2D eigenvalue weighted by atomic mass is 32.1. The minimum atomic E-state index is 0.157. The van der Waals surface area contributed by atoms with Crippen LogP contribution in [0.4, 0.5) is 0 Å². The van der Waals surface area contributed by atoms with Gasteiger partial charge in [0, 0.05) is 18.7 Å². The molecule has 4 heteroatoms. The number of rotatable bonds is 1. The Morgan fingerprint density at radius 2 is 2.47 bits per heavy atom. The SMILES string of the molecule is c1cc(C2CNCCO2)c2ncsc2c1. The van der Waals surface area contributed by atoms with E-state index in [4.69, 9.17) is 4.74 Å². The van der Waals surface area contributed by atoms with Gasteiger partial charge < -0.3 is 10.1 Å². The Hall–Kier alpha value is -0.970. The molecule has 2 aromatic rings. The summed E-state index contributed by atoms with van der Waals surface area (Å²) in [5.41, 5.74) is 4.20. The summed E-state index contributed by atoms with van der Waals surface area (Å²) in [7, 11) is 0. The molecule has 0 bridgehead atoms. The Kier molecular flexibility index (Phi) is 2.40. The van der Waals surface area contributed by atoms with Crippen molar-refractivity contribution in [3.63, 3.8) is 0 Å². The van der Waals surface area contributed by atoms with Crippen LogP contribution >= 0.6 is 11.3 Å². The molecule has 1 fully saturated rings. The summed E-state index contributed by atoms with van der Waals surface area (Å²) in [6.07, 6.45) is 0.157. The van der Waals surface area contributed by atoms with Crippen molar-refractivity contribution in [2.75, 3.05) is 19.7 Å². The number of aromatic nitrogens is 1. The van der Waals surface area contributed by atoms with Gasteiger partial charge >= 0.3 is 0 Å². The molecule has 0 saturated carbocycles. The molecular weight excluding hydrogens is 208 g/mol. The zero-order valence-corrected chi connectivity index (χ0v) is 9.09. The van der Waals surface area contributed by atoms with Crippen LogP contribution in [-0.4, -0.2) is 24.7 Å². The minimum Gasteiger partial charge on any atom is -0.371 e. The van der Waals surface area contributed by atoms with E-state index in [0.717, 1.165) is 25.2 Å². The van der Waals surface area contributed by atoms with Crippen LogP contribution in [0.5, 0.6) is 0 Å². The predicted octanol–water partition coefficient (Wildman–Crippen LogP) is 1.96. The second-order valence-electron chi connectivity index (χ2n) is 3.61. The van der Waals surface area contributed by atoms with Crippen molar-refractivity contribution >= 4 is 21.6 Å². The van der Waals surface area contributed by atoms with E-state index in [1.165, 1.54) is 10.3 Å². The number of hydrogen-bond donors (Lipinski definition) is 1. The first-order chi connectivity index (χ1) is 7.45. The third-order valence-electron chi connectivity index (χ3n) is 2.67. The van der Waals surface area contributed by atoms with Crippen molar-refractivity contribution in [3.8, 4) is 0 Å². The van der Waals surface area contributed by atoms with Crippen LogP contribution in [-0.2, 0) is 4.74 Å². The molecule has 1 N–H and O–H groups in total. The number of para-hydroxylation sites is 1. The van der Waals surface area contributed by atoms with Crippen LogP contribution in [0.2, 0.25) is 0 Å². The molecule has 1 aliphatic rings. The van der Waals surface area contributed by atoms with Gasteiger partial charge in [0.25, 0.3) is 0 Å². The average Bonchev–Trinajstić information content (AvgIpc) is 2.78. The first kappa shape index (κ1) is 9.27. The van der Waals surface area contributed by atoms with E-state index in [2.05, 4.69) is 28.5 Å². The Morgan fingerprint density at radius 3 is 3.33 bits per heavy atom. The number of nitrogens with one attached hydrogen (secondary N) is 1. The van der Waals surface area contributed by atoms with Crippen LogP contribution in [0.1, 0.15) is 11.7 Å². The first-order valence-electron chi connectivity index (χ1n) is 5.09. The quantitative estimate of drug-likeness (QED) is 0.797. The second kappa shape index (κ2) is 3.89. The van der Waals surface area contributed by atoms with Crippen LogP contribution in [0.3, 0.4) is 0 Å². The smallest absolute Gasteiger partial charge is 0.0971 e. The molecule has 1 saturated heterocycles. The van der Waals surface area contributed by atoms with Crippen LogP contribution < -0.4 is 5.32 Å². The van der Waals surface area contributed by atoms with E-state index in [9.17, 15) is 0 Å². The maximum Gasteiger partial charge on any atom is 0.0971 e. The zero-order chi connectivity index (χ0) is 10.1. The maximum absolute atomic E-state index is 5.74. The molecule has 1 aromatic carbocycles. The fraction of sp³-hybridized carbons (Fsp3) is 0.364. The Labute approximate surface area is 92.1 Å². The van der Waals surface area contributed by atoms with Crippen molar-refractivity contribution in [1.29, 1.82) is 0 Å². The van der Waals surface area contributed by atoms with Gasteiger partial charge in [-0.3, -0.25) is 0 Å². The van der Waals surface area contributed by atoms with Crippen molar-refractivity contribution < 1.29 is 4.74 Å². The van der Waals surface area contributed by atoms with Gasteiger partial charge in [0.05, 0.1) is 28.4 Å². The fourth-order valence-corrected chi connectivity index (χ4v) is 2.64. The summed E-state index contributed by atoms with van der Waals surface area (Å²) in [5, 5.41) is 3.34. The molecule has 0 spiro atoms. The second-order valence-corrected chi connectivity index (χ2v) is 4.50. The number of hydrogen-bond acceptors (Lipinski definition) is 4. The van der Waals surface area contributed by atoms with E-state index >= 15 is 0 Å². The molecule has 1 aliphatic heterocycles. The van der Waals surface area contributed by atoms with Gasteiger partial charge in [-0.15, -0.1) is 11.3 Å². The summed E-state index contributed by atoms with van der Waals surface area (Å²) < 4.78 is 6.98. The lowest BCUT2D eigenvalue weighted by Crippen LogP contribution is -2.33. The standard InChI is InChI=1S/C11H12N2OS/c1-2-8(9-6-12-4-5-14-9)11-10(3-1)15-7-13-11/h1-3,7,9,12H,4-6H2. The zero-order valence-electron chi connectivity index (χ0n) is 8.27. The number of thiazole rings is 1. The van der Waals surface area contributed by atoms with Crippen LogP contribution in [0.25, 0.3) is 10.2 Å². The number of morpholine rings is 1. The Balaban J connectivity index is 2.05. The minimum absolute atomic E-state index is 0.157. The van der Waals surface area contributed by atoms with Gasteiger partial charge in [-0.25, -0.2) is 4.98 Å². The summed E-state index contributed by atoms with van der Waals surface area (Å²) >= 11 is 1.68. The highest BCUT2D eigenvalue weighted by molar-refractivity contribution is 7.16. The van der Waals surface area contributed by atoms with E-state index < -0.39 is 0 Å². The molecule has 0 aliphatic carbocycles. The fourth-order valence-electron chi connectivity index (χ4n) is 1.93. The lowest BCUT2D eigenvalue weighted by Gasteiger charge is -2.24. The molecule has 3 nitrogen and oxygen atoms in total. The lowest BCUT2D eigenvalue weighted by atomic mass is 10.1. The Morgan fingerprint density at radius 1 is 1.47 bits per heavy atom. The van der Waals surface area contributed by atoms with Gasteiger partial charge in [0.2, 0.25) is 0 Å².